The minimum Gasteiger partial charge on any atom is -0.375 e. The monoisotopic (exact) mass is 254 g/mol. The second-order valence-corrected chi connectivity index (χ2v) is 4.63. The third-order valence-corrected chi connectivity index (χ3v) is 3.61. The van der Waals surface area contributed by atoms with Gasteiger partial charge in [0.1, 0.15) is 5.69 Å². The van der Waals surface area contributed by atoms with Gasteiger partial charge in [-0.1, -0.05) is 0 Å². The molecule has 2 aliphatic heterocycles. The molecule has 1 aromatic rings. The Bertz CT molecular complexity index is 503. The number of amides is 1. The van der Waals surface area contributed by atoms with Crippen LogP contribution >= 0.6 is 11.6 Å². The smallest absolute Gasteiger partial charge is 0.257 e. The summed E-state index contributed by atoms with van der Waals surface area (Å²) in [5, 5.41) is 0.175. The largest absolute Gasteiger partial charge is 0.375 e. The van der Waals surface area contributed by atoms with E-state index in [1.807, 2.05) is 11.9 Å². The maximum absolute atomic E-state index is 12.3. The Morgan fingerprint density at radius 2 is 2.18 bits per heavy atom. The molecule has 0 N–H and O–H groups in total. The van der Waals surface area contributed by atoms with Gasteiger partial charge in [-0.2, -0.15) is 4.98 Å². The number of likely N-dealkylation sites (N-methyl/N-ethyl adjacent to an activating group) is 2. The van der Waals surface area contributed by atoms with Crippen LogP contribution in [0.3, 0.4) is 0 Å². The quantitative estimate of drug-likeness (QED) is 0.624. The Kier molecular flexibility index (Phi) is 2.08. The zero-order valence-corrected chi connectivity index (χ0v) is 10.2. The summed E-state index contributed by atoms with van der Waals surface area (Å²) >= 11 is 5.80. The van der Waals surface area contributed by atoms with Crippen molar-refractivity contribution in [1.29, 1.82) is 0 Å². The van der Waals surface area contributed by atoms with E-state index in [1.165, 1.54) is 0 Å². The van der Waals surface area contributed by atoms with E-state index in [-0.39, 0.29) is 11.2 Å². The van der Waals surface area contributed by atoms with Gasteiger partial charge in [0, 0.05) is 14.1 Å². The maximum Gasteiger partial charge on any atom is 0.257 e. The molecule has 1 aromatic heterocycles. The first kappa shape index (κ1) is 10.7. The molecule has 0 aromatic carbocycles. The van der Waals surface area contributed by atoms with Gasteiger partial charge < -0.3 is 14.5 Å². The number of aromatic nitrogens is 2. The molecule has 6 nitrogen and oxygen atoms in total. The van der Waals surface area contributed by atoms with E-state index < -0.39 is 5.54 Å². The van der Waals surface area contributed by atoms with Gasteiger partial charge in [-0.15, -0.1) is 0 Å². The predicted octanol–water partition coefficient (Wildman–Crippen LogP) is 0.312. The minimum atomic E-state index is -0.626. The lowest BCUT2D eigenvalue weighted by Crippen LogP contribution is -2.71. The Hall–Kier alpha value is -1.40. The van der Waals surface area contributed by atoms with Crippen molar-refractivity contribution in [2.24, 2.45) is 0 Å². The van der Waals surface area contributed by atoms with Crippen LogP contribution in [0.4, 0.5) is 11.5 Å². The van der Waals surface area contributed by atoms with Gasteiger partial charge in [-0.25, -0.2) is 4.98 Å². The van der Waals surface area contributed by atoms with Crippen LogP contribution in [0.1, 0.15) is 0 Å². The van der Waals surface area contributed by atoms with Gasteiger partial charge in [0.05, 0.1) is 19.4 Å². The zero-order chi connectivity index (χ0) is 12.2. The van der Waals surface area contributed by atoms with E-state index in [1.54, 1.807) is 18.1 Å². The van der Waals surface area contributed by atoms with Gasteiger partial charge in [-0.3, -0.25) is 4.79 Å². The third-order valence-electron chi connectivity index (χ3n) is 3.43. The number of hydrogen-bond acceptors (Lipinski definition) is 5. The van der Waals surface area contributed by atoms with Crippen LogP contribution in [0.15, 0.2) is 6.20 Å². The minimum absolute atomic E-state index is 0.00433. The number of hydrogen-bond donors (Lipinski definition) is 0. The molecule has 0 unspecified atom stereocenters. The lowest BCUT2D eigenvalue weighted by atomic mass is 9.91. The van der Waals surface area contributed by atoms with E-state index in [0.717, 1.165) is 0 Å². The molecule has 90 valence electrons. The van der Waals surface area contributed by atoms with Crippen LogP contribution < -0.4 is 9.80 Å². The number of halogens is 1. The van der Waals surface area contributed by atoms with Crippen LogP contribution in [0.2, 0.25) is 5.28 Å². The van der Waals surface area contributed by atoms with E-state index >= 15 is 0 Å². The zero-order valence-electron chi connectivity index (χ0n) is 9.47. The Morgan fingerprint density at radius 1 is 1.47 bits per heavy atom. The fourth-order valence-corrected chi connectivity index (χ4v) is 2.34. The van der Waals surface area contributed by atoms with Crippen molar-refractivity contribution >= 4 is 29.0 Å². The molecule has 1 amide bonds. The number of carbonyl (C=O) groups is 1. The highest BCUT2D eigenvalue weighted by Crippen LogP contribution is 2.40. The van der Waals surface area contributed by atoms with E-state index in [9.17, 15) is 4.79 Å². The highest BCUT2D eigenvalue weighted by Gasteiger charge is 2.55. The summed E-state index contributed by atoms with van der Waals surface area (Å²) in [4.78, 5) is 23.8. The second-order valence-electron chi connectivity index (χ2n) is 4.30. The molecule has 1 spiro atoms. The molecule has 7 heteroatoms. The molecule has 3 heterocycles. The lowest BCUT2D eigenvalue weighted by molar-refractivity contribution is -0.141. The molecule has 0 aliphatic carbocycles. The summed E-state index contributed by atoms with van der Waals surface area (Å²) in [5.74, 6) is 0.667. The fourth-order valence-electron chi connectivity index (χ4n) is 2.21. The number of anilines is 2. The molecular formula is C10H11ClN4O2. The first-order valence-electron chi connectivity index (χ1n) is 5.18. The van der Waals surface area contributed by atoms with Crippen molar-refractivity contribution in [3.63, 3.8) is 0 Å². The van der Waals surface area contributed by atoms with Crippen molar-refractivity contribution in [2.75, 3.05) is 37.1 Å². The molecule has 0 saturated carbocycles. The second kappa shape index (κ2) is 3.30. The molecular weight excluding hydrogens is 244 g/mol. The summed E-state index contributed by atoms with van der Waals surface area (Å²) in [6.45, 7) is 0.765. The van der Waals surface area contributed by atoms with E-state index in [4.69, 9.17) is 16.3 Å². The summed E-state index contributed by atoms with van der Waals surface area (Å²) in [6.07, 6.45) is 1.56. The van der Waals surface area contributed by atoms with Crippen LogP contribution in [0.5, 0.6) is 0 Å². The summed E-state index contributed by atoms with van der Waals surface area (Å²) in [7, 11) is 3.54. The highest BCUT2D eigenvalue weighted by molar-refractivity contribution is 6.28. The standard InChI is InChI=1S/C10H11ClN4O2/c1-14-6-3-12-9(11)13-7(6)15(2)10(8(14)16)4-17-5-10/h3H,4-5H2,1-2H3. The molecule has 0 radical (unpaired) electrons. The number of carbonyl (C=O) groups excluding carboxylic acids is 1. The van der Waals surface area contributed by atoms with Gasteiger partial charge in [0.25, 0.3) is 5.91 Å². The molecule has 17 heavy (non-hydrogen) atoms. The van der Waals surface area contributed by atoms with Gasteiger partial charge in [0.2, 0.25) is 5.28 Å². The molecule has 3 rings (SSSR count). The molecule has 0 bridgehead atoms. The van der Waals surface area contributed by atoms with Crippen molar-refractivity contribution in [3.8, 4) is 0 Å². The van der Waals surface area contributed by atoms with Crippen molar-refractivity contribution in [3.05, 3.63) is 11.5 Å². The summed E-state index contributed by atoms with van der Waals surface area (Å²) in [5.41, 5.74) is 0.0406. The molecule has 1 saturated heterocycles. The average molecular weight is 255 g/mol. The normalized spacial score (nSPS) is 21.5. The van der Waals surface area contributed by atoms with Gasteiger partial charge >= 0.3 is 0 Å². The van der Waals surface area contributed by atoms with Gasteiger partial charge in [0.15, 0.2) is 11.4 Å². The topological polar surface area (TPSA) is 58.6 Å². The van der Waals surface area contributed by atoms with Crippen LogP contribution in [-0.2, 0) is 9.53 Å². The molecule has 1 fully saturated rings. The lowest BCUT2D eigenvalue weighted by Gasteiger charge is -2.51. The third kappa shape index (κ3) is 1.22. The van der Waals surface area contributed by atoms with Crippen LogP contribution in [0, 0.1) is 0 Å². The van der Waals surface area contributed by atoms with Crippen molar-refractivity contribution in [1.82, 2.24) is 9.97 Å². The Labute approximate surface area is 103 Å². The van der Waals surface area contributed by atoms with Crippen molar-refractivity contribution < 1.29 is 9.53 Å². The van der Waals surface area contributed by atoms with Crippen LogP contribution in [0.25, 0.3) is 0 Å². The fraction of sp³-hybridized carbons (Fsp3) is 0.500. The predicted molar refractivity (Wildman–Crippen MR) is 62.4 cm³/mol. The Morgan fingerprint density at radius 3 is 2.76 bits per heavy atom. The number of fused-ring (bicyclic) bond motifs is 1. The Balaban J connectivity index is 2.17. The number of nitrogens with zero attached hydrogens (tertiary/aromatic N) is 4. The maximum atomic E-state index is 12.3. The summed E-state index contributed by atoms with van der Waals surface area (Å²) in [6, 6.07) is 0. The van der Waals surface area contributed by atoms with Crippen LogP contribution in [-0.4, -0.2) is 48.7 Å². The highest BCUT2D eigenvalue weighted by atomic mass is 35.5. The molecule has 0 atom stereocenters. The number of ether oxygens (including phenoxy) is 1. The average Bonchev–Trinajstić information content (AvgIpc) is 2.24. The van der Waals surface area contributed by atoms with E-state index in [0.29, 0.717) is 24.7 Å². The van der Waals surface area contributed by atoms with Gasteiger partial charge in [-0.05, 0) is 11.6 Å². The van der Waals surface area contributed by atoms with E-state index in [2.05, 4.69) is 9.97 Å². The van der Waals surface area contributed by atoms with Crippen molar-refractivity contribution in [2.45, 2.75) is 5.54 Å². The SMILES string of the molecule is CN1C(=O)C2(COC2)N(C)c2nc(Cl)ncc21. The summed E-state index contributed by atoms with van der Waals surface area (Å²) < 4.78 is 5.18. The first-order valence-corrected chi connectivity index (χ1v) is 5.56. The first-order chi connectivity index (χ1) is 8.06. The molecule has 2 aliphatic rings. The number of rotatable bonds is 0.